The molecule has 0 unspecified atom stereocenters. The molecule has 8 nitrogen and oxygen atoms in total. The third-order valence-electron chi connectivity index (χ3n) is 4.51. The van der Waals surface area contributed by atoms with Crippen molar-refractivity contribution < 1.29 is 28.7 Å². The number of esters is 1. The molecule has 1 aliphatic heterocycles. The maximum atomic E-state index is 12.7. The van der Waals surface area contributed by atoms with Gasteiger partial charge in [-0.15, -0.1) is 0 Å². The van der Waals surface area contributed by atoms with E-state index in [0.29, 0.717) is 21.5 Å². The van der Waals surface area contributed by atoms with Crippen LogP contribution in [0.25, 0.3) is 6.08 Å². The van der Waals surface area contributed by atoms with Gasteiger partial charge in [0.15, 0.2) is 6.61 Å². The number of anilines is 1. The van der Waals surface area contributed by atoms with E-state index in [1.807, 2.05) is 18.2 Å². The SMILES string of the molecule is CCOC(=O)[C@@H](C)N1C(=O)S/C(=C/c2ccc(OCC(=O)Nc3ccccc3)c(Br)c2)C1=O. The van der Waals surface area contributed by atoms with E-state index < -0.39 is 23.2 Å². The van der Waals surface area contributed by atoms with Gasteiger partial charge in [-0.1, -0.05) is 24.3 Å². The van der Waals surface area contributed by atoms with Crippen LogP contribution >= 0.6 is 27.7 Å². The van der Waals surface area contributed by atoms with Crippen molar-refractivity contribution >= 4 is 62.5 Å². The first-order chi connectivity index (χ1) is 15.8. The van der Waals surface area contributed by atoms with E-state index in [9.17, 15) is 19.2 Å². The Morgan fingerprint density at radius 3 is 2.58 bits per heavy atom. The Morgan fingerprint density at radius 2 is 1.91 bits per heavy atom. The molecule has 172 valence electrons. The number of carbonyl (C=O) groups excluding carboxylic acids is 4. The highest BCUT2D eigenvalue weighted by Gasteiger charge is 2.41. The lowest BCUT2D eigenvalue weighted by atomic mass is 10.2. The van der Waals surface area contributed by atoms with Crippen molar-refractivity contribution in [2.75, 3.05) is 18.5 Å². The minimum Gasteiger partial charge on any atom is -0.483 e. The summed E-state index contributed by atoms with van der Waals surface area (Å²) in [5.41, 5.74) is 1.31. The van der Waals surface area contributed by atoms with Crippen LogP contribution < -0.4 is 10.1 Å². The number of nitrogens with zero attached hydrogens (tertiary/aromatic N) is 1. The highest BCUT2D eigenvalue weighted by atomic mass is 79.9. The maximum Gasteiger partial charge on any atom is 0.329 e. The summed E-state index contributed by atoms with van der Waals surface area (Å²) in [5.74, 6) is -1.05. The van der Waals surface area contributed by atoms with Gasteiger partial charge in [0.1, 0.15) is 11.8 Å². The van der Waals surface area contributed by atoms with Crippen LogP contribution in [0.15, 0.2) is 57.9 Å². The first kappa shape index (κ1) is 24.5. The quantitative estimate of drug-likeness (QED) is 0.395. The number of hydrogen-bond donors (Lipinski definition) is 1. The summed E-state index contributed by atoms with van der Waals surface area (Å²) >= 11 is 4.15. The van der Waals surface area contributed by atoms with Gasteiger partial charge in [-0.3, -0.25) is 19.3 Å². The van der Waals surface area contributed by atoms with E-state index in [-0.39, 0.29) is 24.0 Å². The van der Waals surface area contributed by atoms with E-state index >= 15 is 0 Å². The third-order valence-corrected chi connectivity index (χ3v) is 6.01. The van der Waals surface area contributed by atoms with Crippen molar-refractivity contribution in [2.24, 2.45) is 0 Å². The summed E-state index contributed by atoms with van der Waals surface area (Å²) in [6.45, 7) is 3.08. The van der Waals surface area contributed by atoms with Crippen LogP contribution in [0, 0.1) is 0 Å². The van der Waals surface area contributed by atoms with Crippen molar-refractivity contribution in [1.82, 2.24) is 4.90 Å². The summed E-state index contributed by atoms with van der Waals surface area (Å²) in [6, 6.07) is 13.1. The second-order valence-electron chi connectivity index (χ2n) is 6.87. The third kappa shape index (κ3) is 6.23. The molecule has 2 aromatic rings. The fraction of sp³-hybridized carbons (Fsp3) is 0.217. The van der Waals surface area contributed by atoms with Crippen LogP contribution in [-0.2, 0) is 19.1 Å². The second kappa shape index (κ2) is 11.2. The lowest BCUT2D eigenvalue weighted by Crippen LogP contribution is -2.42. The highest BCUT2D eigenvalue weighted by molar-refractivity contribution is 9.10. The molecule has 1 fully saturated rings. The van der Waals surface area contributed by atoms with Crippen molar-refractivity contribution in [2.45, 2.75) is 19.9 Å². The molecule has 0 aliphatic carbocycles. The van der Waals surface area contributed by atoms with Gasteiger partial charge in [0.2, 0.25) is 0 Å². The number of para-hydroxylation sites is 1. The monoisotopic (exact) mass is 532 g/mol. The van der Waals surface area contributed by atoms with Crippen LogP contribution in [0.3, 0.4) is 0 Å². The van der Waals surface area contributed by atoms with E-state index in [0.717, 1.165) is 16.7 Å². The predicted molar refractivity (Wildman–Crippen MR) is 129 cm³/mol. The zero-order chi connectivity index (χ0) is 24.0. The Hall–Kier alpha value is -3.11. The number of carbonyl (C=O) groups is 4. The summed E-state index contributed by atoms with van der Waals surface area (Å²) in [7, 11) is 0. The molecule has 1 N–H and O–H groups in total. The van der Waals surface area contributed by atoms with E-state index in [1.165, 1.54) is 6.92 Å². The lowest BCUT2D eigenvalue weighted by molar-refractivity contribution is -0.150. The molecular weight excluding hydrogens is 512 g/mol. The van der Waals surface area contributed by atoms with Gasteiger partial charge >= 0.3 is 5.97 Å². The molecule has 33 heavy (non-hydrogen) atoms. The van der Waals surface area contributed by atoms with E-state index in [4.69, 9.17) is 9.47 Å². The van der Waals surface area contributed by atoms with Gasteiger partial charge in [-0.05, 0) is 77.4 Å². The van der Waals surface area contributed by atoms with Crippen molar-refractivity contribution in [3.05, 3.63) is 63.5 Å². The first-order valence-corrected chi connectivity index (χ1v) is 11.6. The van der Waals surface area contributed by atoms with Crippen LogP contribution in [0.5, 0.6) is 5.75 Å². The van der Waals surface area contributed by atoms with Crippen LogP contribution in [0.2, 0.25) is 0 Å². The number of ether oxygens (including phenoxy) is 2. The topological polar surface area (TPSA) is 102 Å². The Morgan fingerprint density at radius 1 is 1.18 bits per heavy atom. The first-order valence-electron chi connectivity index (χ1n) is 10.0. The molecule has 1 saturated heterocycles. The average molecular weight is 533 g/mol. The van der Waals surface area contributed by atoms with Gasteiger partial charge < -0.3 is 14.8 Å². The van der Waals surface area contributed by atoms with E-state index in [2.05, 4.69) is 21.2 Å². The van der Waals surface area contributed by atoms with E-state index in [1.54, 1.807) is 43.3 Å². The molecule has 0 bridgehead atoms. The number of halogens is 1. The minimum atomic E-state index is -1.01. The van der Waals surface area contributed by atoms with Gasteiger partial charge in [0.25, 0.3) is 17.1 Å². The fourth-order valence-corrected chi connectivity index (χ4v) is 4.34. The van der Waals surface area contributed by atoms with Crippen molar-refractivity contribution in [3.8, 4) is 5.75 Å². The fourth-order valence-electron chi connectivity index (χ4n) is 2.92. The van der Waals surface area contributed by atoms with Crippen LogP contribution in [0.1, 0.15) is 19.4 Å². The molecule has 0 spiro atoms. The Kier molecular flexibility index (Phi) is 8.29. The average Bonchev–Trinajstić information content (AvgIpc) is 3.06. The molecular formula is C23H21BrN2O6S. The molecule has 1 atom stereocenters. The Labute approximate surface area is 203 Å². The van der Waals surface area contributed by atoms with Crippen LogP contribution in [0.4, 0.5) is 10.5 Å². The predicted octanol–water partition coefficient (Wildman–Crippen LogP) is 4.45. The van der Waals surface area contributed by atoms with Gasteiger partial charge in [-0.25, -0.2) is 4.79 Å². The maximum absolute atomic E-state index is 12.7. The summed E-state index contributed by atoms with van der Waals surface area (Å²) in [4.78, 5) is 50.1. The zero-order valence-corrected chi connectivity index (χ0v) is 20.3. The van der Waals surface area contributed by atoms with Gasteiger partial charge in [0.05, 0.1) is 16.0 Å². The zero-order valence-electron chi connectivity index (χ0n) is 17.9. The molecule has 1 aliphatic rings. The summed E-state index contributed by atoms with van der Waals surface area (Å²) in [5, 5.41) is 2.20. The summed E-state index contributed by atoms with van der Waals surface area (Å²) < 4.78 is 11.0. The van der Waals surface area contributed by atoms with Gasteiger partial charge in [-0.2, -0.15) is 0 Å². The number of rotatable bonds is 8. The molecule has 3 amide bonds. The minimum absolute atomic E-state index is 0.158. The van der Waals surface area contributed by atoms with Gasteiger partial charge in [0, 0.05) is 5.69 Å². The Bertz CT molecular complexity index is 1110. The highest BCUT2D eigenvalue weighted by Crippen LogP contribution is 2.35. The standard InChI is InChI=1S/C23H21BrN2O6S/c1-3-31-22(29)14(2)26-21(28)19(33-23(26)30)12-15-9-10-18(17(24)11-15)32-13-20(27)25-16-7-5-4-6-8-16/h4-12,14H,3,13H2,1-2H3,(H,25,27)/b19-12+/t14-/m1/s1. The molecule has 0 saturated carbocycles. The number of hydrogen-bond acceptors (Lipinski definition) is 7. The molecule has 0 aromatic heterocycles. The molecule has 0 radical (unpaired) electrons. The lowest BCUT2D eigenvalue weighted by Gasteiger charge is -2.19. The number of imide groups is 1. The number of amides is 3. The molecule has 3 rings (SSSR count). The molecule has 1 heterocycles. The van der Waals surface area contributed by atoms with Crippen LogP contribution in [-0.4, -0.2) is 47.2 Å². The number of thioether (sulfide) groups is 1. The van der Waals surface area contributed by atoms with Crippen molar-refractivity contribution in [3.63, 3.8) is 0 Å². The Balaban J connectivity index is 1.64. The second-order valence-corrected chi connectivity index (χ2v) is 8.72. The normalized spacial score (nSPS) is 15.5. The van der Waals surface area contributed by atoms with Crippen molar-refractivity contribution in [1.29, 1.82) is 0 Å². The summed E-state index contributed by atoms with van der Waals surface area (Å²) in [6.07, 6.45) is 1.55. The number of nitrogens with one attached hydrogen (secondary N) is 1. The number of benzene rings is 2. The smallest absolute Gasteiger partial charge is 0.329 e. The molecule has 10 heteroatoms. The molecule has 2 aromatic carbocycles. The largest absolute Gasteiger partial charge is 0.483 e.